The molecule has 0 aliphatic carbocycles. The number of rotatable bonds is 8. The smallest absolute Gasteiger partial charge is 0.191 e. The number of thiazole rings is 1. The summed E-state index contributed by atoms with van der Waals surface area (Å²) in [6.45, 7) is 6.45. The van der Waals surface area contributed by atoms with Crippen molar-refractivity contribution < 1.29 is 4.74 Å². The maximum Gasteiger partial charge on any atom is 0.191 e. The lowest BCUT2D eigenvalue weighted by atomic mass is 10.3. The lowest BCUT2D eigenvalue weighted by molar-refractivity contribution is 0.179. The van der Waals surface area contributed by atoms with Gasteiger partial charge in [0.15, 0.2) is 5.96 Å². The van der Waals surface area contributed by atoms with Crippen LogP contribution in [0.1, 0.15) is 25.3 Å². The van der Waals surface area contributed by atoms with Crippen molar-refractivity contribution in [2.45, 2.75) is 32.7 Å². The van der Waals surface area contributed by atoms with E-state index in [4.69, 9.17) is 4.74 Å². The quantitative estimate of drug-likeness (QED) is 0.273. The van der Waals surface area contributed by atoms with Gasteiger partial charge in [-0.25, -0.2) is 4.98 Å². The van der Waals surface area contributed by atoms with Crippen LogP contribution in [0.15, 0.2) is 29.3 Å². The molecular formula is C17H27IN4OS. The number of fused-ring (bicyclic) bond motifs is 1. The first-order chi connectivity index (χ1) is 11.2. The Balaban J connectivity index is 0.00000288. The molecule has 0 aliphatic rings. The molecule has 1 heterocycles. The van der Waals surface area contributed by atoms with E-state index in [9.17, 15) is 0 Å². The van der Waals surface area contributed by atoms with Crippen LogP contribution in [0.25, 0.3) is 10.2 Å². The van der Waals surface area contributed by atoms with Crippen molar-refractivity contribution in [1.29, 1.82) is 0 Å². The number of nitrogens with zero attached hydrogens (tertiary/aromatic N) is 2. The van der Waals surface area contributed by atoms with Gasteiger partial charge in [-0.2, -0.15) is 0 Å². The Morgan fingerprint density at radius 3 is 2.88 bits per heavy atom. The molecule has 0 saturated carbocycles. The van der Waals surface area contributed by atoms with Crippen molar-refractivity contribution in [3.05, 3.63) is 29.3 Å². The van der Waals surface area contributed by atoms with Crippen molar-refractivity contribution in [3.8, 4) is 0 Å². The molecule has 5 nitrogen and oxygen atoms in total. The van der Waals surface area contributed by atoms with Crippen LogP contribution in [0.5, 0.6) is 0 Å². The topological polar surface area (TPSA) is 58.5 Å². The first-order valence-corrected chi connectivity index (χ1v) is 8.92. The largest absolute Gasteiger partial charge is 0.383 e. The van der Waals surface area contributed by atoms with Gasteiger partial charge in [0.25, 0.3) is 0 Å². The summed E-state index contributed by atoms with van der Waals surface area (Å²) in [5.41, 5.74) is 1.10. The highest BCUT2D eigenvalue weighted by molar-refractivity contribution is 14.0. The molecule has 1 aromatic carbocycles. The Bertz CT molecular complexity index is 599. The summed E-state index contributed by atoms with van der Waals surface area (Å²) < 4.78 is 6.40. The van der Waals surface area contributed by atoms with Crippen LogP contribution in [-0.2, 0) is 11.2 Å². The van der Waals surface area contributed by atoms with Crippen LogP contribution >= 0.6 is 35.3 Å². The number of ether oxygens (including phenoxy) is 1. The van der Waals surface area contributed by atoms with Crippen LogP contribution in [0, 0.1) is 0 Å². The second-order valence-electron chi connectivity index (χ2n) is 5.44. The molecule has 0 fully saturated rings. The Morgan fingerprint density at radius 1 is 1.38 bits per heavy atom. The molecule has 0 bridgehead atoms. The molecule has 0 spiro atoms. The molecule has 0 saturated heterocycles. The molecule has 7 heteroatoms. The molecule has 0 amide bonds. The molecule has 1 aromatic heterocycles. The highest BCUT2D eigenvalue weighted by Gasteiger charge is 2.05. The van der Waals surface area contributed by atoms with Crippen molar-refractivity contribution >= 4 is 51.5 Å². The molecular weight excluding hydrogens is 435 g/mol. The first kappa shape index (κ1) is 21.1. The number of halogens is 1. The standard InChI is InChI=1S/C17H26N4OS.HI/c1-4-18-17(20-13(2)12-22-3)19-11-7-10-16-21-14-8-5-6-9-15(14)23-16;/h5-6,8-9,13H,4,7,10-12H2,1-3H3,(H2,18,19,20);1H. The van der Waals surface area contributed by atoms with Crippen LogP contribution in [0.3, 0.4) is 0 Å². The number of nitrogens with one attached hydrogen (secondary N) is 2. The summed E-state index contributed by atoms with van der Waals surface area (Å²) in [5, 5.41) is 7.79. The van der Waals surface area contributed by atoms with Crippen molar-refractivity contribution in [2.75, 3.05) is 26.8 Å². The normalized spacial score (nSPS) is 12.7. The van der Waals surface area contributed by atoms with E-state index in [2.05, 4.69) is 52.7 Å². The zero-order valence-electron chi connectivity index (χ0n) is 14.5. The maximum absolute atomic E-state index is 5.14. The van der Waals surface area contributed by atoms with E-state index in [1.807, 2.05) is 6.07 Å². The lowest BCUT2D eigenvalue weighted by Gasteiger charge is -2.16. The summed E-state index contributed by atoms with van der Waals surface area (Å²) in [4.78, 5) is 9.28. The average Bonchev–Trinajstić information content (AvgIpc) is 2.94. The minimum atomic E-state index is 0. The maximum atomic E-state index is 5.14. The molecule has 134 valence electrons. The third-order valence-electron chi connectivity index (χ3n) is 3.30. The molecule has 2 aromatic rings. The third kappa shape index (κ3) is 6.90. The van der Waals surface area contributed by atoms with Gasteiger partial charge in [-0.15, -0.1) is 35.3 Å². The van der Waals surface area contributed by atoms with Gasteiger partial charge in [0.05, 0.1) is 21.8 Å². The monoisotopic (exact) mass is 462 g/mol. The number of hydrogen-bond donors (Lipinski definition) is 2. The predicted octanol–water partition coefficient (Wildman–Crippen LogP) is 3.44. The average molecular weight is 462 g/mol. The summed E-state index contributed by atoms with van der Waals surface area (Å²) in [6, 6.07) is 8.52. The van der Waals surface area contributed by atoms with E-state index in [1.54, 1.807) is 18.4 Å². The Kier molecular flexibility index (Phi) is 10.2. The van der Waals surface area contributed by atoms with E-state index in [0.29, 0.717) is 6.61 Å². The van der Waals surface area contributed by atoms with Gasteiger partial charge in [-0.3, -0.25) is 4.99 Å². The van der Waals surface area contributed by atoms with Gasteiger partial charge in [-0.05, 0) is 32.4 Å². The minimum absolute atomic E-state index is 0. The fourth-order valence-electron chi connectivity index (χ4n) is 2.29. The van der Waals surface area contributed by atoms with Crippen LogP contribution in [-0.4, -0.2) is 43.8 Å². The van der Waals surface area contributed by atoms with Gasteiger partial charge >= 0.3 is 0 Å². The number of para-hydroxylation sites is 1. The first-order valence-electron chi connectivity index (χ1n) is 8.11. The molecule has 24 heavy (non-hydrogen) atoms. The summed E-state index contributed by atoms with van der Waals surface area (Å²) >= 11 is 1.78. The highest BCUT2D eigenvalue weighted by Crippen LogP contribution is 2.22. The van der Waals surface area contributed by atoms with Gasteiger partial charge < -0.3 is 15.4 Å². The number of methoxy groups -OCH3 is 1. The molecule has 1 unspecified atom stereocenters. The summed E-state index contributed by atoms with van der Waals surface area (Å²) in [6.07, 6.45) is 1.96. The Labute approximate surface area is 165 Å². The molecule has 0 aliphatic heterocycles. The lowest BCUT2D eigenvalue weighted by Crippen LogP contribution is -2.44. The highest BCUT2D eigenvalue weighted by atomic mass is 127. The van der Waals surface area contributed by atoms with E-state index < -0.39 is 0 Å². The van der Waals surface area contributed by atoms with E-state index >= 15 is 0 Å². The second kappa shape index (κ2) is 11.6. The van der Waals surface area contributed by atoms with Gasteiger partial charge in [-0.1, -0.05) is 12.1 Å². The fraction of sp³-hybridized carbons (Fsp3) is 0.529. The van der Waals surface area contributed by atoms with Crippen LogP contribution in [0.2, 0.25) is 0 Å². The molecule has 1 atom stereocenters. The van der Waals surface area contributed by atoms with Gasteiger partial charge in [0, 0.05) is 32.7 Å². The second-order valence-corrected chi connectivity index (χ2v) is 6.56. The zero-order chi connectivity index (χ0) is 16.5. The van der Waals surface area contributed by atoms with Gasteiger partial charge in [0.2, 0.25) is 0 Å². The number of aromatic nitrogens is 1. The van der Waals surface area contributed by atoms with Gasteiger partial charge in [0.1, 0.15) is 0 Å². The SMILES string of the molecule is CCNC(=NCCCc1nc2ccccc2s1)NC(C)COC.I. The third-order valence-corrected chi connectivity index (χ3v) is 4.40. The Morgan fingerprint density at radius 2 is 2.17 bits per heavy atom. The molecule has 2 rings (SSSR count). The number of hydrogen-bond acceptors (Lipinski definition) is 4. The summed E-state index contributed by atoms with van der Waals surface area (Å²) in [7, 11) is 1.71. The summed E-state index contributed by atoms with van der Waals surface area (Å²) in [5.74, 6) is 0.848. The number of guanidine groups is 1. The zero-order valence-corrected chi connectivity index (χ0v) is 17.7. The molecule has 0 radical (unpaired) electrons. The van der Waals surface area contributed by atoms with Crippen molar-refractivity contribution in [1.82, 2.24) is 15.6 Å². The van der Waals surface area contributed by atoms with Crippen LogP contribution < -0.4 is 10.6 Å². The van der Waals surface area contributed by atoms with E-state index in [-0.39, 0.29) is 30.0 Å². The van der Waals surface area contributed by atoms with E-state index in [0.717, 1.165) is 37.4 Å². The number of benzene rings is 1. The number of aryl methyl sites for hydroxylation is 1. The van der Waals surface area contributed by atoms with Crippen molar-refractivity contribution in [3.63, 3.8) is 0 Å². The van der Waals surface area contributed by atoms with Crippen LogP contribution in [0.4, 0.5) is 0 Å². The van der Waals surface area contributed by atoms with E-state index in [1.165, 1.54) is 9.71 Å². The number of aliphatic imine (C=N–C) groups is 1. The van der Waals surface area contributed by atoms with Crippen molar-refractivity contribution in [2.24, 2.45) is 4.99 Å². The predicted molar refractivity (Wildman–Crippen MR) is 114 cm³/mol. The molecule has 2 N–H and O–H groups in total. The fourth-order valence-corrected chi connectivity index (χ4v) is 3.30. The minimum Gasteiger partial charge on any atom is -0.383 e. The Hall–Kier alpha value is -0.930.